The maximum Gasteiger partial charge on any atom is 0.257 e. The van der Waals surface area contributed by atoms with E-state index in [9.17, 15) is 4.79 Å². The first-order valence-corrected chi connectivity index (χ1v) is 7.61. The number of rotatable bonds is 4. The van der Waals surface area contributed by atoms with E-state index in [2.05, 4.69) is 6.92 Å². The van der Waals surface area contributed by atoms with E-state index in [4.69, 9.17) is 9.47 Å². The summed E-state index contributed by atoms with van der Waals surface area (Å²) in [6.07, 6.45) is 3.35. The summed E-state index contributed by atoms with van der Waals surface area (Å²) in [5.74, 6) is 0.710. The molecule has 4 heteroatoms. The van der Waals surface area contributed by atoms with E-state index in [0.717, 1.165) is 35.7 Å². The van der Waals surface area contributed by atoms with Crippen molar-refractivity contribution in [3.63, 3.8) is 0 Å². The van der Waals surface area contributed by atoms with E-state index in [1.54, 1.807) is 4.57 Å². The number of hydrogen-bond acceptors (Lipinski definition) is 3. The Morgan fingerprint density at radius 2 is 2.19 bits per heavy atom. The summed E-state index contributed by atoms with van der Waals surface area (Å²) in [5.41, 5.74) is 1.71. The molecule has 1 aliphatic rings. The highest BCUT2D eigenvalue weighted by molar-refractivity contribution is 5.86. The Bertz CT molecular complexity index is 705. The largest absolute Gasteiger partial charge is 0.464 e. The third-order valence-corrected chi connectivity index (χ3v) is 4.03. The quantitative estimate of drug-likeness (QED) is 0.812. The smallest absolute Gasteiger partial charge is 0.257 e. The van der Waals surface area contributed by atoms with E-state index < -0.39 is 0 Å². The Morgan fingerprint density at radius 3 is 3.00 bits per heavy atom. The highest BCUT2D eigenvalue weighted by atomic mass is 16.7. The molecule has 3 rings (SSSR count). The Labute approximate surface area is 124 Å². The number of para-hydroxylation sites is 1. The first-order chi connectivity index (χ1) is 10.2. The third kappa shape index (κ3) is 2.56. The summed E-state index contributed by atoms with van der Waals surface area (Å²) in [6, 6.07) is 7.86. The van der Waals surface area contributed by atoms with E-state index in [1.165, 1.54) is 0 Å². The zero-order valence-electron chi connectivity index (χ0n) is 12.6. The minimum atomic E-state index is -0.237. The molecule has 0 saturated heterocycles. The second-order valence-corrected chi connectivity index (χ2v) is 5.50. The lowest BCUT2D eigenvalue weighted by atomic mass is 10.0. The number of ether oxygens (including phenoxy) is 2. The number of hydrogen-bond donors (Lipinski definition) is 0. The van der Waals surface area contributed by atoms with Crippen molar-refractivity contribution in [2.45, 2.75) is 38.9 Å². The average molecular weight is 287 g/mol. The third-order valence-electron chi connectivity index (χ3n) is 4.03. The van der Waals surface area contributed by atoms with Crippen molar-refractivity contribution in [3.8, 4) is 5.75 Å². The molecule has 0 aliphatic carbocycles. The topological polar surface area (TPSA) is 40.5 Å². The molecule has 1 aromatic heterocycles. The fourth-order valence-corrected chi connectivity index (χ4v) is 2.81. The van der Waals surface area contributed by atoms with Crippen LogP contribution in [0.15, 0.2) is 29.1 Å². The van der Waals surface area contributed by atoms with Gasteiger partial charge in [0.1, 0.15) is 5.75 Å². The van der Waals surface area contributed by atoms with Gasteiger partial charge in [0, 0.05) is 18.9 Å². The lowest BCUT2D eigenvalue weighted by Gasteiger charge is -2.27. The Kier molecular flexibility index (Phi) is 3.97. The van der Waals surface area contributed by atoms with Gasteiger partial charge in [-0.25, -0.2) is 0 Å². The molecule has 1 atom stereocenters. The summed E-state index contributed by atoms with van der Waals surface area (Å²) >= 11 is 0. The zero-order chi connectivity index (χ0) is 14.8. The second kappa shape index (κ2) is 5.90. The molecule has 0 amide bonds. The number of benzene rings is 1. The van der Waals surface area contributed by atoms with E-state index >= 15 is 0 Å². The van der Waals surface area contributed by atoms with Gasteiger partial charge >= 0.3 is 0 Å². The number of fused-ring (bicyclic) bond motifs is 3. The van der Waals surface area contributed by atoms with Gasteiger partial charge < -0.3 is 14.0 Å². The lowest BCUT2D eigenvalue weighted by molar-refractivity contribution is -0.0908. The fraction of sp³-hybridized carbons (Fsp3) is 0.471. The number of aromatic nitrogens is 1. The molecule has 4 nitrogen and oxygen atoms in total. The maximum atomic E-state index is 12.4. The van der Waals surface area contributed by atoms with Crippen LogP contribution in [-0.4, -0.2) is 17.5 Å². The van der Waals surface area contributed by atoms with Crippen LogP contribution in [0.25, 0.3) is 10.9 Å². The first kappa shape index (κ1) is 14.1. The Balaban J connectivity index is 1.99. The van der Waals surface area contributed by atoms with Crippen molar-refractivity contribution < 1.29 is 9.47 Å². The molecular weight excluding hydrogens is 266 g/mol. The van der Waals surface area contributed by atoms with Crippen LogP contribution in [0.4, 0.5) is 0 Å². The summed E-state index contributed by atoms with van der Waals surface area (Å²) in [5, 5.41) is 0.985. The van der Waals surface area contributed by atoms with Crippen molar-refractivity contribution in [2.75, 3.05) is 6.61 Å². The van der Waals surface area contributed by atoms with Crippen LogP contribution in [0.1, 0.15) is 31.7 Å². The van der Waals surface area contributed by atoms with Gasteiger partial charge in [-0.1, -0.05) is 25.5 Å². The number of aryl methyl sites for hydroxylation is 1. The Morgan fingerprint density at radius 1 is 1.38 bits per heavy atom. The highest BCUT2D eigenvalue weighted by Gasteiger charge is 2.25. The molecule has 112 valence electrons. The van der Waals surface area contributed by atoms with Crippen LogP contribution in [0.2, 0.25) is 0 Å². The van der Waals surface area contributed by atoms with Crippen LogP contribution in [0, 0.1) is 0 Å². The highest BCUT2D eigenvalue weighted by Crippen LogP contribution is 2.33. The molecule has 0 spiro atoms. The van der Waals surface area contributed by atoms with Gasteiger partial charge in [-0.3, -0.25) is 4.79 Å². The van der Waals surface area contributed by atoms with Crippen molar-refractivity contribution in [1.29, 1.82) is 0 Å². The van der Waals surface area contributed by atoms with Gasteiger partial charge in [0.2, 0.25) is 0 Å². The molecule has 1 aliphatic heterocycles. The standard InChI is InChI=1S/C17H21NO3/c1-3-4-11-20-15-10-9-13-16(21-15)12-7-5-6-8-14(12)18(2)17(13)19/h5-8,15H,3-4,9-11H2,1-2H3. The predicted octanol–water partition coefficient (Wildman–Crippen LogP) is 3.01. The van der Waals surface area contributed by atoms with Gasteiger partial charge in [-0.05, 0) is 25.0 Å². The molecular formula is C17H21NO3. The van der Waals surface area contributed by atoms with Crippen molar-refractivity contribution in [1.82, 2.24) is 4.57 Å². The van der Waals surface area contributed by atoms with E-state index in [1.807, 2.05) is 31.3 Å². The second-order valence-electron chi connectivity index (χ2n) is 5.50. The van der Waals surface area contributed by atoms with E-state index in [-0.39, 0.29) is 11.8 Å². The minimum absolute atomic E-state index is 0.0377. The van der Waals surface area contributed by atoms with E-state index in [0.29, 0.717) is 18.8 Å². The van der Waals surface area contributed by atoms with Gasteiger partial charge in [0.05, 0.1) is 17.7 Å². The van der Waals surface area contributed by atoms with Gasteiger partial charge in [0.15, 0.2) is 6.29 Å². The monoisotopic (exact) mass is 287 g/mol. The fourth-order valence-electron chi connectivity index (χ4n) is 2.81. The summed E-state index contributed by atoms with van der Waals surface area (Å²) in [7, 11) is 1.81. The molecule has 2 heterocycles. The number of pyridine rings is 1. The lowest BCUT2D eigenvalue weighted by Crippen LogP contribution is -2.32. The first-order valence-electron chi connectivity index (χ1n) is 7.61. The van der Waals surface area contributed by atoms with Crippen LogP contribution in [-0.2, 0) is 18.2 Å². The van der Waals surface area contributed by atoms with Crippen LogP contribution in [0.5, 0.6) is 5.75 Å². The predicted molar refractivity (Wildman–Crippen MR) is 82.8 cm³/mol. The minimum Gasteiger partial charge on any atom is -0.464 e. The molecule has 1 aromatic carbocycles. The SMILES string of the molecule is CCCCOC1CCc2c(c3ccccc3n(C)c2=O)O1. The normalized spacial score (nSPS) is 17.5. The molecule has 1 unspecified atom stereocenters. The van der Waals surface area contributed by atoms with Crippen LogP contribution >= 0.6 is 0 Å². The molecule has 21 heavy (non-hydrogen) atoms. The summed E-state index contributed by atoms with van der Waals surface area (Å²) in [6.45, 7) is 2.84. The maximum absolute atomic E-state index is 12.4. The number of unbranched alkanes of at least 4 members (excludes halogenated alkanes) is 1. The van der Waals surface area contributed by atoms with Crippen molar-refractivity contribution >= 4 is 10.9 Å². The summed E-state index contributed by atoms with van der Waals surface area (Å²) < 4.78 is 13.5. The molecule has 0 radical (unpaired) electrons. The number of nitrogens with zero attached hydrogens (tertiary/aromatic N) is 1. The molecule has 0 N–H and O–H groups in total. The molecule has 0 fully saturated rings. The summed E-state index contributed by atoms with van der Waals surface area (Å²) in [4.78, 5) is 12.4. The molecule has 0 saturated carbocycles. The van der Waals surface area contributed by atoms with Gasteiger partial charge in [-0.15, -0.1) is 0 Å². The zero-order valence-corrected chi connectivity index (χ0v) is 12.6. The molecule has 0 bridgehead atoms. The molecule has 2 aromatic rings. The van der Waals surface area contributed by atoms with Crippen molar-refractivity contribution in [2.24, 2.45) is 7.05 Å². The van der Waals surface area contributed by atoms with Crippen molar-refractivity contribution in [3.05, 3.63) is 40.2 Å². The van der Waals surface area contributed by atoms with Crippen LogP contribution < -0.4 is 10.3 Å². The van der Waals surface area contributed by atoms with Crippen LogP contribution in [0.3, 0.4) is 0 Å². The van der Waals surface area contributed by atoms with Gasteiger partial charge in [-0.2, -0.15) is 0 Å². The average Bonchev–Trinajstić information content (AvgIpc) is 2.53. The van der Waals surface area contributed by atoms with Gasteiger partial charge in [0.25, 0.3) is 5.56 Å². The Hall–Kier alpha value is -1.81.